The lowest BCUT2D eigenvalue weighted by Crippen LogP contribution is -2.00. The van der Waals surface area contributed by atoms with Gasteiger partial charge in [0.15, 0.2) is 0 Å². The number of carbonyl (C=O) groups is 1. The number of rotatable bonds is 1. The number of carbonyl (C=O) groups excluding carboxylic acids is 1. The summed E-state index contributed by atoms with van der Waals surface area (Å²) < 4.78 is 3.82. The van der Waals surface area contributed by atoms with Crippen molar-refractivity contribution in [3.05, 3.63) is 11.4 Å². The summed E-state index contributed by atoms with van der Waals surface area (Å²) in [6, 6.07) is 1.71. The first-order valence-electron chi connectivity index (χ1n) is 2.19. The van der Waals surface area contributed by atoms with Crippen LogP contribution in [0.4, 0.5) is 10.6 Å². The van der Waals surface area contributed by atoms with E-state index in [-0.39, 0.29) is 5.24 Å². The average Bonchev–Trinajstić information content (AvgIpc) is 2.15. The molecule has 0 aromatic carbocycles. The normalized spacial score (nSPS) is 9.00. The second kappa shape index (κ2) is 2.84. The Kier molecular flexibility index (Phi) is 2.07. The quantitative estimate of drug-likeness (QED) is 0.613. The van der Waals surface area contributed by atoms with Crippen molar-refractivity contribution in [1.82, 2.24) is 4.37 Å². The molecule has 1 rings (SSSR count). The van der Waals surface area contributed by atoms with E-state index in [0.717, 1.165) is 0 Å². The number of hydrogen-bond donors (Lipinski definition) is 2. The molecule has 9 heavy (non-hydrogen) atoms. The van der Waals surface area contributed by atoms with Crippen LogP contribution in [0.3, 0.4) is 0 Å². The highest BCUT2D eigenvalue weighted by Gasteiger charge is 1.94. The van der Waals surface area contributed by atoms with Crippen molar-refractivity contribution in [3.63, 3.8) is 0 Å². The van der Waals surface area contributed by atoms with Gasteiger partial charge in [0.1, 0.15) is 5.82 Å². The lowest BCUT2D eigenvalue weighted by Gasteiger charge is -1.90. The van der Waals surface area contributed by atoms with Gasteiger partial charge in [-0.05, 0) is 17.6 Å². The second-order valence-corrected chi connectivity index (χ2v) is 2.39. The van der Waals surface area contributed by atoms with Crippen molar-refractivity contribution >= 4 is 35.2 Å². The molecule has 0 saturated heterocycles. The van der Waals surface area contributed by atoms with Gasteiger partial charge in [-0.15, -0.1) is 0 Å². The number of thiol groups is 1. The minimum atomic E-state index is -0.388. The topological polar surface area (TPSA) is 42.0 Å². The number of hydrogen-bond acceptors (Lipinski definition) is 3. The number of amides is 1. The van der Waals surface area contributed by atoms with E-state index in [9.17, 15) is 4.79 Å². The molecule has 0 saturated carbocycles. The van der Waals surface area contributed by atoms with Crippen LogP contribution in [0.25, 0.3) is 0 Å². The Bertz CT molecular complexity index is 196. The van der Waals surface area contributed by atoms with Gasteiger partial charge in [0, 0.05) is 5.38 Å². The Morgan fingerprint density at radius 3 is 3.11 bits per heavy atom. The lowest BCUT2D eigenvalue weighted by atomic mass is 10.7. The van der Waals surface area contributed by atoms with Gasteiger partial charge in [-0.2, -0.15) is 4.37 Å². The minimum absolute atomic E-state index is 0.388. The van der Waals surface area contributed by atoms with E-state index in [0.29, 0.717) is 5.82 Å². The third-order valence-corrected chi connectivity index (χ3v) is 1.34. The molecule has 1 amide bonds. The van der Waals surface area contributed by atoms with Gasteiger partial charge in [0.05, 0.1) is 0 Å². The van der Waals surface area contributed by atoms with Gasteiger partial charge in [-0.1, -0.05) is 12.6 Å². The minimum Gasteiger partial charge on any atom is -0.301 e. The number of aromatic nitrogens is 1. The smallest absolute Gasteiger partial charge is 0.281 e. The van der Waals surface area contributed by atoms with Crippen molar-refractivity contribution in [2.45, 2.75) is 0 Å². The SMILES string of the molecule is O=C(S)Nc1ccsn1. The zero-order valence-electron chi connectivity index (χ0n) is 4.37. The fourth-order valence-electron chi connectivity index (χ4n) is 0.387. The molecule has 1 heterocycles. The Hall–Kier alpha value is -0.550. The standard InChI is InChI=1S/C4H4N2OS2/c7-4(8)5-3-1-2-9-6-3/h1-2H,(H2,5,6,7,8). The van der Waals surface area contributed by atoms with E-state index in [4.69, 9.17) is 0 Å². The molecule has 0 aliphatic heterocycles. The van der Waals surface area contributed by atoms with E-state index in [1.54, 1.807) is 11.4 Å². The van der Waals surface area contributed by atoms with E-state index in [1.165, 1.54) is 11.5 Å². The summed E-state index contributed by atoms with van der Waals surface area (Å²) in [4.78, 5) is 10.2. The summed E-state index contributed by atoms with van der Waals surface area (Å²) in [5.41, 5.74) is 0. The highest BCUT2D eigenvalue weighted by Crippen LogP contribution is 2.05. The molecule has 1 N–H and O–H groups in total. The number of nitrogens with zero attached hydrogens (tertiary/aromatic N) is 1. The molecule has 0 spiro atoms. The van der Waals surface area contributed by atoms with Crippen molar-refractivity contribution < 1.29 is 4.79 Å². The highest BCUT2D eigenvalue weighted by atomic mass is 32.1. The Morgan fingerprint density at radius 2 is 2.67 bits per heavy atom. The van der Waals surface area contributed by atoms with Gasteiger partial charge in [-0.25, -0.2) is 0 Å². The average molecular weight is 160 g/mol. The first-order valence-corrected chi connectivity index (χ1v) is 3.48. The molecule has 0 bridgehead atoms. The summed E-state index contributed by atoms with van der Waals surface area (Å²) in [5.74, 6) is 0.556. The van der Waals surface area contributed by atoms with Crippen LogP contribution in [0.15, 0.2) is 11.4 Å². The molecule has 0 fully saturated rings. The first kappa shape index (κ1) is 6.57. The van der Waals surface area contributed by atoms with Gasteiger partial charge >= 0.3 is 0 Å². The summed E-state index contributed by atoms with van der Waals surface area (Å²) >= 11 is 4.78. The number of anilines is 1. The van der Waals surface area contributed by atoms with E-state index >= 15 is 0 Å². The molecule has 0 unspecified atom stereocenters. The van der Waals surface area contributed by atoms with E-state index in [1.807, 2.05) is 0 Å². The molecule has 1 aromatic rings. The summed E-state index contributed by atoms with van der Waals surface area (Å²) in [5, 5.41) is 3.80. The monoisotopic (exact) mass is 160 g/mol. The molecule has 3 nitrogen and oxygen atoms in total. The predicted octanol–water partition coefficient (Wildman–Crippen LogP) is 1.60. The molecular weight excluding hydrogens is 156 g/mol. The Balaban J connectivity index is 2.58. The maximum absolute atomic E-state index is 10.2. The summed E-state index contributed by atoms with van der Waals surface area (Å²) in [6.07, 6.45) is 0. The maximum atomic E-state index is 10.2. The molecule has 5 heteroatoms. The van der Waals surface area contributed by atoms with Crippen molar-refractivity contribution in [2.75, 3.05) is 5.32 Å². The lowest BCUT2D eigenvalue weighted by molar-refractivity contribution is 0.270. The van der Waals surface area contributed by atoms with Crippen molar-refractivity contribution in [1.29, 1.82) is 0 Å². The Labute approximate surface area is 61.7 Å². The summed E-state index contributed by atoms with van der Waals surface area (Å²) in [7, 11) is 0. The fraction of sp³-hybridized carbons (Fsp3) is 0. The highest BCUT2D eigenvalue weighted by molar-refractivity contribution is 7.96. The third kappa shape index (κ3) is 2.03. The Morgan fingerprint density at radius 1 is 1.89 bits per heavy atom. The first-order chi connectivity index (χ1) is 4.29. The number of nitrogens with one attached hydrogen (secondary N) is 1. The fourth-order valence-corrected chi connectivity index (χ4v) is 0.972. The zero-order valence-corrected chi connectivity index (χ0v) is 6.08. The van der Waals surface area contributed by atoms with Crippen LogP contribution in [0.5, 0.6) is 0 Å². The summed E-state index contributed by atoms with van der Waals surface area (Å²) in [6.45, 7) is 0. The van der Waals surface area contributed by atoms with Crippen LogP contribution in [0.2, 0.25) is 0 Å². The van der Waals surface area contributed by atoms with Crippen molar-refractivity contribution in [2.24, 2.45) is 0 Å². The van der Waals surface area contributed by atoms with Crippen LogP contribution >= 0.6 is 24.2 Å². The largest absolute Gasteiger partial charge is 0.301 e. The zero-order chi connectivity index (χ0) is 6.69. The van der Waals surface area contributed by atoms with E-state index < -0.39 is 0 Å². The van der Waals surface area contributed by atoms with Crippen LogP contribution in [0.1, 0.15) is 0 Å². The molecule has 0 atom stereocenters. The molecule has 0 aliphatic carbocycles. The van der Waals surface area contributed by atoms with Crippen molar-refractivity contribution in [3.8, 4) is 0 Å². The molecule has 0 radical (unpaired) electrons. The van der Waals surface area contributed by atoms with Gasteiger partial charge < -0.3 is 5.32 Å². The third-order valence-electron chi connectivity index (χ3n) is 0.673. The molecular formula is C4H4N2OS2. The van der Waals surface area contributed by atoms with E-state index in [2.05, 4.69) is 22.3 Å². The van der Waals surface area contributed by atoms with Gasteiger partial charge in [0.25, 0.3) is 5.24 Å². The second-order valence-electron chi connectivity index (χ2n) is 1.31. The predicted molar refractivity (Wildman–Crippen MR) is 40.1 cm³/mol. The molecule has 48 valence electrons. The van der Waals surface area contributed by atoms with Crippen LogP contribution in [0, 0.1) is 0 Å². The molecule has 0 aliphatic rings. The van der Waals surface area contributed by atoms with Gasteiger partial charge in [0.2, 0.25) is 0 Å². The maximum Gasteiger partial charge on any atom is 0.281 e. The van der Waals surface area contributed by atoms with Gasteiger partial charge in [-0.3, -0.25) is 4.79 Å². The molecule has 1 aromatic heterocycles. The van der Waals surface area contributed by atoms with Crippen LogP contribution in [-0.4, -0.2) is 9.61 Å². The van der Waals surface area contributed by atoms with Crippen LogP contribution in [-0.2, 0) is 0 Å². The van der Waals surface area contributed by atoms with Crippen LogP contribution < -0.4 is 5.32 Å².